The number of ether oxygens (including phenoxy) is 1. The van der Waals surface area contributed by atoms with Gasteiger partial charge in [0.15, 0.2) is 6.61 Å². The fraction of sp³-hybridized carbons (Fsp3) is 0.200. The lowest BCUT2D eigenvalue weighted by Gasteiger charge is -2.37. The van der Waals surface area contributed by atoms with Crippen LogP contribution in [0.1, 0.15) is 5.56 Å². The second kappa shape index (κ2) is 10.8. The molecule has 0 atom stereocenters. The van der Waals surface area contributed by atoms with Gasteiger partial charge >= 0.3 is 0 Å². The molecule has 1 aliphatic heterocycles. The number of rotatable bonds is 6. The van der Waals surface area contributed by atoms with E-state index in [9.17, 15) is 9.18 Å². The van der Waals surface area contributed by atoms with E-state index in [2.05, 4.69) is 31.0 Å². The molecule has 170 valence electrons. The minimum absolute atomic E-state index is 0.0782. The molecule has 1 fully saturated rings. The highest BCUT2D eigenvalue weighted by molar-refractivity contribution is 9.10. The Hall–Kier alpha value is -2.97. The Bertz CT molecular complexity index is 1100. The third-order valence-electron chi connectivity index (χ3n) is 5.36. The van der Waals surface area contributed by atoms with Crippen LogP contribution in [0.3, 0.4) is 0 Å². The molecule has 1 amide bonds. The molecule has 3 aromatic carbocycles. The zero-order valence-corrected chi connectivity index (χ0v) is 20.2. The van der Waals surface area contributed by atoms with Crippen LogP contribution in [0.4, 0.5) is 15.8 Å². The van der Waals surface area contributed by atoms with Crippen LogP contribution in [0.25, 0.3) is 0 Å². The van der Waals surface area contributed by atoms with Gasteiger partial charge in [0.2, 0.25) is 0 Å². The van der Waals surface area contributed by atoms with Crippen LogP contribution in [-0.4, -0.2) is 48.6 Å². The molecule has 0 unspecified atom stereocenters. The van der Waals surface area contributed by atoms with Crippen molar-refractivity contribution < 1.29 is 13.9 Å². The minimum atomic E-state index is -0.226. The number of hydrogen-bond acceptors (Lipinski definition) is 4. The van der Waals surface area contributed by atoms with Crippen molar-refractivity contribution in [2.75, 3.05) is 43.0 Å². The fourth-order valence-electron chi connectivity index (χ4n) is 3.58. The molecule has 0 aliphatic carbocycles. The van der Waals surface area contributed by atoms with E-state index in [1.807, 2.05) is 48.5 Å². The average Bonchev–Trinajstić information content (AvgIpc) is 2.85. The van der Waals surface area contributed by atoms with Crippen LogP contribution in [0.5, 0.6) is 5.75 Å². The summed E-state index contributed by atoms with van der Waals surface area (Å²) in [5.74, 6) is 0.154. The smallest absolute Gasteiger partial charge is 0.262 e. The van der Waals surface area contributed by atoms with Crippen molar-refractivity contribution in [3.63, 3.8) is 0 Å². The molecule has 5 nitrogen and oxygen atoms in total. The molecule has 4 rings (SSSR count). The Balaban J connectivity index is 1.25. The number of nitrogens with zero attached hydrogens (tertiary/aromatic N) is 2. The fourth-order valence-corrected chi connectivity index (χ4v) is 4.16. The number of carbonyl (C=O) groups is 1. The van der Waals surface area contributed by atoms with E-state index in [1.165, 1.54) is 12.1 Å². The van der Waals surface area contributed by atoms with E-state index in [0.717, 1.165) is 46.9 Å². The lowest BCUT2D eigenvalue weighted by atomic mass is 10.1. The largest absolute Gasteiger partial charge is 0.484 e. The zero-order valence-electron chi connectivity index (χ0n) is 17.8. The molecule has 1 N–H and O–H groups in total. The van der Waals surface area contributed by atoms with E-state index in [1.54, 1.807) is 12.1 Å². The molecule has 0 spiro atoms. The van der Waals surface area contributed by atoms with Crippen molar-refractivity contribution in [2.24, 2.45) is 0 Å². The van der Waals surface area contributed by atoms with Crippen molar-refractivity contribution in [1.82, 2.24) is 4.90 Å². The maximum absolute atomic E-state index is 13.2. The molecule has 1 aliphatic rings. The van der Waals surface area contributed by atoms with Crippen LogP contribution in [-0.2, 0) is 4.79 Å². The van der Waals surface area contributed by atoms with Crippen molar-refractivity contribution in [1.29, 1.82) is 0 Å². The molecule has 1 saturated heterocycles. The number of benzene rings is 3. The quantitative estimate of drug-likeness (QED) is 0.451. The number of anilines is 2. The summed E-state index contributed by atoms with van der Waals surface area (Å²) in [4.78, 5) is 17.3. The van der Waals surface area contributed by atoms with E-state index < -0.39 is 0 Å². The Morgan fingerprint density at radius 2 is 1.58 bits per heavy atom. The van der Waals surface area contributed by atoms with Gasteiger partial charge in [-0.15, -0.1) is 0 Å². The van der Waals surface area contributed by atoms with Gasteiger partial charge in [-0.1, -0.05) is 28.1 Å². The monoisotopic (exact) mass is 527 g/mol. The van der Waals surface area contributed by atoms with Gasteiger partial charge < -0.3 is 19.9 Å². The molecule has 0 saturated carbocycles. The van der Waals surface area contributed by atoms with E-state index in [4.69, 9.17) is 17.0 Å². The van der Waals surface area contributed by atoms with Crippen LogP contribution in [0.15, 0.2) is 77.3 Å². The first-order chi connectivity index (χ1) is 16.0. The summed E-state index contributed by atoms with van der Waals surface area (Å²) < 4.78 is 19.7. The molecular formula is C25H23BrFN3O2S. The zero-order chi connectivity index (χ0) is 23.2. The highest BCUT2D eigenvalue weighted by atomic mass is 79.9. The van der Waals surface area contributed by atoms with Crippen molar-refractivity contribution in [3.05, 3.63) is 88.6 Å². The molecule has 1 heterocycles. The van der Waals surface area contributed by atoms with Gasteiger partial charge in [0.1, 0.15) is 16.6 Å². The van der Waals surface area contributed by atoms with Gasteiger partial charge in [0.05, 0.1) is 0 Å². The molecule has 8 heteroatoms. The topological polar surface area (TPSA) is 44.8 Å². The van der Waals surface area contributed by atoms with Crippen molar-refractivity contribution >= 4 is 50.4 Å². The minimum Gasteiger partial charge on any atom is -0.484 e. The molecule has 0 radical (unpaired) electrons. The van der Waals surface area contributed by atoms with Crippen LogP contribution >= 0.6 is 28.1 Å². The Morgan fingerprint density at radius 1 is 0.939 bits per heavy atom. The van der Waals surface area contributed by atoms with Gasteiger partial charge in [-0.2, -0.15) is 0 Å². The Kier molecular flexibility index (Phi) is 7.57. The number of halogens is 2. The SMILES string of the molecule is O=C(COc1ccc(C(=S)N2CCN(c3ccc(F)cc3)CC2)cc1)Nc1ccc(Br)cc1. The van der Waals surface area contributed by atoms with Crippen LogP contribution in [0.2, 0.25) is 0 Å². The predicted molar refractivity (Wildman–Crippen MR) is 137 cm³/mol. The van der Waals surface area contributed by atoms with E-state index in [0.29, 0.717) is 11.4 Å². The Labute approximate surface area is 206 Å². The standard InChI is InChI=1S/C25H23BrFN3O2S/c26-19-3-7-21(8-4-19)28-24(31)17-32-23-11-1-18(2-12-23)25(33)30-15-13-29(14-16-30)22-9-5-20(27)6-10-22/h1-12H,13-17H2,(H,28,31). The lowest BCUT2D eigenvalue weighted by Crippen LogP contribution is -2.48. The number of thiocarbonyl (C=S) groups is 1. The summed E-state index contributed by atoms with van der Waals surface area (Å²) in [7, 11) is 0. The van der Waals surface area contributed by atoms with Gasteiger partial charge in [0.25, 0.3) is 5.91 Å². The highest BCUT2D eigenvalue weighted by Gasteiger charge is 2.20. The van der Waals surface area contributed by atoms with Gasteiger partial charge in [0, 0.05) is 47.6 Å². The number of nitrogens with one attached hydrogen (secondary N) is 1. The summed E-state index contributed by atoms with van der Waals surface area (Å²) in [5, 5.41) is 2.80. The van der Waals surface area contributed by atoms with E-state index >= 15 is 0 Å². The maximum atomic E-state index is 13.2. The number of hydrogen-bond donors (Lipinski definition) is 1. The molecule has 33 heavy (non-hydrogen) atoms. The third kappa shape index (κ3) is 6.30. The first kappa shape index (κ1) is 23.2. The molecular weight excluding hydrogens is 505 g/mol. The molecule has 3 aromatic rings. The second-order valence-corrected chi connectivity index (χ2v) is 8.93. The number of piperazine rings is 1. The van der Waals surface area contributed by atoms with Crippen LogP contribution in [0, 0.1) is 5.82 Å². The summed E-state index contributed by atoms with van der Waals surface area (Å²) in [6.45, 7) is 3.15. The predicted octanol–water partition coefficient (Wildman–Crippen LogP) is 5.10. The first-order valence-electron chi connectivity index (χ1n) is 10.6. The number of carbonyl (C=O) groups excluding carboxylic acids is 1. The van der Waals surface area contributed by atoms with Crippen molar-refractivity contribution in [2.45, 2.75) is 0 Å². The highest BCUT2D eigenvalue weighted by Crippen LogP contribution is 2.20. The molecule has 0 bridgehead atoms. The normalized spacial score (nSPS) is 13.5. The Morgan fingerprint density at radius 3 is 2.21 bits per heavy atom. The summed E-state index contributed by atoms with van der Waals surface area (Å²) in [6, 6.07) is 21.4. The lowest BCUT2D eigenvalue weighted by molar-refractivity contribution is -0.118. The summed E-state index contributed by atoms with van der Waals surface area (Å²) >= 11 is 9.06. The summed E-state index contributed by atoms with van der Waals surface area (Å²) in [6.07, 6.45) is 0. The van der Waals surface area contributed by atoms with Gasteiger partial charge in [-0.3, -0.25) is 4.79 Å². The van der Waals surface area contributed by atoms with Crippen molar-refractivity contribution in [3.8, 4) is 5.75 Å². The second-order valence-electron chi connectivity index (χ2n) is 7.62. The maximum Gasteiger partial charge on any atom is 0.262 e. The van der Waals surface area contributed by atoms with E-state index in [-0.39, 0.29) is 18.3 Å². The third-order valence-corrected chi connectivity index (χ3v) is 6.38. The van der Waals surface area contributed by atoms with Gasteiger partial charge in [-0.05, 0) is 72.8 Å². The summed E-state index contributed by atoms with van der Waals surface area (Å²) in [5.41, 5.74) is 2.67. The number of amides is 1. The van der Waals surface area contributed by atoms with Gasteiger partial charge in [-0.25, -0.2) is 4.39 Å². The molecule has 0 aromatic heterocycles. The van der Waals surface area contributed by atoms with Crippen LogP contribution < -0.4 is 15.0 Å². The first-order valence-corrected chi connectivity index (χ1v) is 11.8. The average molecular weight is 528 g/mol.